The van der Waals surface area contributed by atoms with Gasteiger partial charge in [-0.1, -0.05) is 54.2 Å². The molecule has 0 radical (unpaired) electrons. The molecule has 0 fully saturated rings. The van der Waals surface area contributed by atoms with Crippen molar-refractivity contribution < 1.29 is 0 Å². The standard InChI is InChI=1S/C11H16Si/c1-3-4-10-12(2)11-8-6-5-7-9-11/h3,5-9,12H,1,4,10H2,2H3. The monoisotopic (exact) mass is 176 g/mol. The summed E-state index contributed by atoms with van der Waals surface area (Å²) in [7, 11) is -0.649. The Balaban J connectivity index is 2.53. The maximum Gasteiger partial charge on any atom is 0.0680 e. The van der Waals surface area contributed by atoms with E-state index in [1.165, 1.54) is 12.5 Å². The van der Waals surface area contributed by atoms with Crippen LogP contribution >= 0.6 is 0 Å². The molecule has 1 atom stereocenters. The van der Waals surface area contributed by atoms with Gasteiger partial charge in [0.15, 0.2) is 0 Å². The fraction of sp³-hybridized carbons (Fsp3) is 0.273. The van der Waals surface area contributed by atoms with Gasteiger partial charge in [0.25, 0.3) is 0 Å². The molecule has 1 aromatic carbocycles. The highest BCUT2D eigenvalue weighted by Gasteiger charge is 2.03. The third-order valence-electron chi connectivity index (χ3n) is 2.17. The smallest absolute Gasteiger partial charge is 0.0680 e. The molecule has 0 N–H and O–H groups in total. The van der Waals surface area contributed by atoms with Crippen molar-refractivity contribution in [3.63, 3.8) is 0 Å². The van der Waals surface area contributed by atoms with Crippen molar-refractivity contribution in [2.24, 2.45) is 0 Å². The molecular formula is C11H16Si. The average Bonchev–Trinajstić information content (AvgIpc) is 2.15. The van der Waals surface area contributed by atoms with Crippen LogP contribution in [0.5, 0.6) is 0 Å². The Bertz CT molecular complexity index is 228. The van der Waals surface area contributed by atoms with E-state index in [-0.39, 0.29) is 0 Å². The SMILES string of the molecule is C=CCC[SiH](C)c1ccccc1. The summed E-state index contributed by atoms with van der Waals surface area (Å²) in [4.78, 5) is 0. The second-order valence-corrected chi connectivity index (χ2v) is 6.22. The number of hydrogen-bond donors (Lipinski definition) is 0. The van der Waals surface area contributed by atoms with Crippen LogP contribution in [-0.2, 0) is 0 Å². The molecule has 0 saturated carbocycles. The molecule has 0 nitrogen and oxygen atoms in total. The van der Waals surface area contributed by atoms with Crippen molar-refractivity contribution in [1.82, 2.24) is 0 Å². The third-order valence-corrected chi connectivity index (χ3v) is 4.89. The Morgan fingerprint density at radius 3 is 2.58 bits per heavy atom. The van der Waals surface area contributed by atoms with Gasteiger partial charge in [0.05, 0.1) is 8.80 Å². The van der Waals surface area contributed by atoms with Gasteiger partial charge in [0, 0.05) is 0 Å². The Labute approximate surface area is 76.5 Å². The first-order valence-corrected chi connectivity index (χ1v) is 7.05. The molecule has 1 aromatic rings. The van der Waals surface area contributed by atoms with Crippen LogP contribution in [0.2, 0.25) is 12.6 Å². The predicted octanol–water partition coefficient (Wildman–Crippen LogP) is 2.33. The van der Waals surface area contributed by atoms with Crippen LogP contribution in [-0.4, -0.2) is 8.80 Å². The van der Waals surface area contributed by atoms with E-state index in [1.807, 2.05) is 6.08 Å². The lowest BCUT2D eigenvalue weighted by atomic mass is 10.4. The Morgan fingerprint density at radius 1 is 1.33 bits per heavy atom. The molecule has 0 aliphatic carbocycles. The van der Waals surface area contributed by atoms with E-state index in [9.17, 15) is 0 Å². The highest BCUT2D eigenvalue weighted by atomic mass is 28.3. The lowest BCUT2D eigenvalue weighted by molar-refractivity contribution is 1.20. The van der Waals surface area contributed by atoms with Crippen molar-refractivity contribution in [2.75, 3.05) is 0 Å². The molecule has 1 rings (SSSR count). The maximum absolute atomic E-state index is 3.75. The zero-order valence-electron chi connectivity index (χ0n) is 7.66. The molecule has 0 amide bonds. The molecule has 0 aliphatic rings. The quantitative estimate of drug-likeness (QED) is 0.488. The average molecular weight is 176 g/mol. The van der Waals surface area contributed by atoms with Crippen LogP contribution in [0.15, 0.2) is 43.0 Å². The van der Waals surface area contributed by atoms with E-state index in [1.54, 1.807) is 5.19 Å². The molecule has 12 heavy (non-hydrogen) atoms. The van der Waals surface area contributed by atoms with Gasteiger partial charge in [0.1, 0.15) is 0 Å². The minimum Gasteiger partial charge on any atom is -0.103 e. The molecule has 0 heterocycles. The Kier molecular flexibility index (Phi) is 3.81. The summed E-state index contributed by atoms with van der Waals surface area (Å²) >= 11 is 0. The maximum atomic E-state index is 3.75. The normalized spacial score (nSPS) is 12.4. The predicted molar refractivity (Wildman–Crippen MR) is 58.7 cm³/mol. The topological polar surface area (TPSA) is 0 Å². The van der Waals surface area contributed by atoms with Crippen molar-refractivity contribution in [3.8, 4) is 0 Å². The van der Waals surface area contributed by atoms with Crippen LogP contribution < -0.4 is 5.19 Å². The molecule has 0 saturated heterocycles. The molecular weight excluding hydrogens is 160 g/mol. The first-order valence-electron chi connectivity index (χ1n) is 4.50. The molecule has 1 unspecified atom stereocenters. The minimum atomic E-state index is -0.649. The van der Waals surface area contributed by atoms with Crippen molar-refractivity contribution in [3.05, 3.63) is 43.0 Å². The largest absolute Gasteiger partial charge is 0.103 e. The van der Waals surface area contributed by atoms with Crippen LogP contribution in [0.4, 0.5) is 0 Å². The number of benzene rings is 1. The van der Waals surface area contributed by atoms with Crippen molar-refractivity contribution in [2.45, 2.75) is 19.0 Å². The zero-order valence-corrected chi connectivity index (χ0v) is 8.82. The Morgan fingerprint density at radius 2 is 2.00 bits per heavy atom. The summed E-state index contributed by atoms with van der Waals surface area (Å²) in [5.74, 6) is 0. The van der Waals surface area contributed by atoms with Gasteiger partial charge in [-0.15, -0.1) is 6.58 Å². The van der Waals surface area contributed by atoms with Gasteiger partial charge in [-0.2, -0.15) is 0 Å². The van der Waals surface area contributed by atoms with Gasteiger partial charge < -0.3 is 0 Å². The Hall–Kier alpha value is -0.823. The van der Waals surface area contributed by atoms with Crippen LogP contribution in [0.1, 0.15) is 6.42 Å². The van der Waals surface area contributed by atoms with Gasteiger partial charge in [0.2, 0.25) is 0 Å². The molecule has 0 aromatic heterocycles. The summed E-state index contributed by atoms with van der Waals surface area (Å²) < 4.78 is 0. The van der Waals surface area contributed by atoms with E-state index in [4.69, 9.17) is 0 Å². The summed E-state index contributed by atoms with van der Waals surface area (Å²) in [6, 6.07) is 12.2. The zero-order chi connectivity index (χ0) is 8.81. The fourth-order valence-electron chi connectivity index (χ4n) is 1.32. The van der Waals surface area contributed by atoms with Gasteiger partial charge in [-0.05, 0) is 6.42 Å². The second-order valence-electron chi connectivity index (χ2n) is 3.18. The van der Waals surface area contributed by atoms with E-state index < -0.39 is 8.80 Å². The lowest BCUT2D eigenvalue weighted by Gasteiger charge is -2.07. The highest BCUT2D eigenvalue weighted by molar-refractivity contribution is 6.71. The van der Waals surface area contributed by atoms with Crippen LogP contribution in [0.25, 0.3) is 0 Å². The molecule has 64 valence electrons. The molecule has 0 aliphatic heterocycles. The van der Waals surface area contributed by atoms with E-state index in [0.717, 1.165) is 0 Å². The highest BCUT2D eigenvalue weighted by Crippen LogP contribution is 1.98. The van der Waals surface area contributed by atoms with Crippen LogP contribution in [0.3, 0.4) is 0 Å². The lowest BCUT2D eigenvalue weighted by Crippen LogP contribution is -2.25. The molecule has 0 spiro atoms. The van der Waals surface area contributed by atoms with E-state index in [2.05, 4.69) is 43.5 Å². The summed E-state index contributed by atoms with van der Waals surface area (Å²) in [6.07, 6.45) is 3.19. The van der Waals surface area contributed by atoms with Crippen LogP contribution in [0, 0.1) is 0 Å². The number of rotatable bonds is 4. The molecule has 0 bridgehead atoms. The minimum absolute atomic E-state index is 0.649. The summed E-state index contributed by atoms with van der Waals surface area (Å²) in [5, 5.41) is 1.57. The van der Waals surface area contributed by atoms with Crippen molar-refractivity contribution in [1.29, 1.82) is 0 Å². The first-order chi connectivity index (χ1) is 5.84. The summed E-state index contributed by atoms with van der Waals surface area (Å²) in [5.41, 5.74) is 0. The first kappa shape index (κ1) is 9.27. The van der Waals surface area contributed by atoms with Gasteiger partial charge in [-0.3, -0.25) is 0 Å². The van der Waals surface area contributed by atoms with E-state index >= 15 is 0 Å². The number of hydrogen-bond acceptors (Lipinski definition) is 0. The summed E-state index contributed by atoms with van der Waals surface area (Å²) in [6.45, 7) is 6.15. The van der Waals surface area contributed by atoms with Crippen molar-refractivity contribution >= 4 is 14.0 Å². The van der Waals surface area contributed by atoms with Gasteiger partial charge >= 0.3 is 0 Å². The third kappa shape index (κ3) is 2.66. The second kappa shape index (κ2) is 4.94. The fourth-order valence-corrected chi connectivity index (χ4v) is 3.26. The molecule has 1 heteroatoms. The van der Waals surface area contributed by atoms with Gasteiger partial charge in [-0.25, -0.2) is 0 Å². The number of allylic oxidation sites excluding steroid dienone is 1. The van der Waals surface area contributed by atoms with E-state index in [0.29, 0.717) is 0 Å².